The molecule has 0 aliphatic carbocycles. The molecule has 0 aliphatic heterocycles. The molecule has 0 amide bonds. The molecule has 1 nitrogen and oxygen atoms in total. The van der Waals surface area contributed by atoms with Crippen molar-refractivity contribution in [2.24, 2.45) is 0 Å². The van der Waals surface area contributed by atoms with Crippen molar-refractivity contribution in [3.05, 3.63) is 41.2 Å². The number of rotatable bonds is 2. The molecule has 0 radical (unpaired) electrons. The Morgan fingerprint density at radius 3 is 2.93 bits per heavy atom. The minimum absolute atomic E-state index is 0.224. The van der Waals surface area contributed by atoms with Crippen LogP contribution in [0.1, 0.15) is 5.69 Å². The molecule has 72 valence electrons. The van der Waals surface area contributed by atoms with E-state index >= 15 is 0 Å². The number of hydrogen-bond acceptors (Lipinski definition) is 2. The maximum Gasteiger partial charge on any atom is 0.123 e. The highest BCUT2D eigenvalue weighted by molar-refractivity contribution is 9.08. The second-order valence-corrected chi connectivity index (χ2v) is 4.21. The normalized spacial score (nSPS) is 10.4. The third-order valence-electron chi connectivity index (χ3n) is 1.76. The lowest BCUT2D eigenvalue weighted by Gasteiger charge is -1.94. The van der Waals surface area contributed by atoms with Crippen LogP contribution in [0.2, 0.25) is 0 Å². The molecule has 4 heteroatoms. The summed E-state index contributed by atoms with van der Waals surface area (Å²) in [6.07, 6.45) is 0. The predicted octanol–water partition coefficient (Wildman–Crippen LogP) is 3.84. The van der Waals surface area contributed by atoms with Crippen molar-refractivity contribution >= 4 is 27.3 Å². The summed E-state index contributed by atoms with van der Waals surface area (Å²) in [7, 11) is 0. The van der Waals surface area contributed by atoms with Gasteiger partial charge in [-0.25, -0.2) is 9.37 Å². The Morgan fingerprint density at radius 2 is 2.29 bits per heavy atom. The van der Waals surface area contributed by atoms with Crippen molar-refractivity contribution in [2.45, 2.75) is 5.33 Å². The van der Waals surface area contributed by atoms with Gasteiger partial charge < -0.3 is 0 Å². The first kappa shape index (κ1) is 9.80. The Kier molecular flexibility index (Phi) is 2.93. The van der Waals surface area contributed by atoms with Gasteiger partial charge in [0.15, 0.2) is 0 Å². The molecule has 0 atom stereocenters. The third kappa shape index (κ3) is 2.01. The summed E-state index contributed by atoms with van der Waals surface area (Å²) in [5.74, 6) is -0.224. The van der Waals surface area contributed by atoms with Crippen LogP contribution < -0.4 is 0 Å². The molecular formula is C10H7BrFNS. The minimum Gasteiger partial charge on any atom is -0.240 e. The van der Waals surface area contributed by atoms with E-state index in [0.29, 0.717) is 0 Å². The zero-order valence-corrected chi connectivity index (χ0v) is 9.61. The number of benzene rings is 1. The number of nitrogens with zero attached hydrogens (tertiary/aromatic N) is 1. The Hall–Kier alpha value is -0.740. The summed E-state index contributed by atoms with van der Waals surface area (Å²) >= 11 is 4.86. The van der Waals surface area contributed by atoms with E-state index in [1.54, 1.807) is 6.07 Å². The first-order valence-electron chi connectivity index (χ1n) is 4.06. The van der Waals surface area contributed by atoms with Crippen LogP contribution in [-0.2, 0) is 5.33 Å². The van der Waals surface area contributed by atoms with Gasteiger partial charge in [-0.05, 0) is 12.1 Å². The Morgan fingerprint density at radius 1 is 1.43 bits per heavy atom. The second kappa shape index (κ2) is 4.19. The van der Waals surface area contributed by atoms with E-state index in [2.05, 4.69) is 20.9 Å². The van der Waals surface area contributed by atoms with Gasteiger partial charge in [-0.1, -0.05) is 28.1 Å². The fourth-order valence-electron chi connectivity index (χ4n) is 1.12. The number of thiazole rings is 1. The summed E-state index contributed by atoms with van der Waals surface area (Å²) in [5, 5.41) is 3.56. The lowest BCUT2D eigenvalue weighted by Crippen LogP contribution is -1.80. The average Bonchev–Trinajstić information content (AvgIpc) is 2.66. The molecule has 0 N–H and O–H groups in total. The molecule has 0 saturated carbocycles. The molecule has 2 aromatic rings. The second-order valence-electron chi connectivity index (χ2n) is 2.79. The summed E-state index contributed by atoms with van der Waals surface area (Å²) in [6, 6.07) is 6.49. The lowest BCUT2D eigenvalue weighted by atomic mass is 10.2. The van der Waals surface area contributed by atoms with E-state index in [1.165, 1.54) is 23.5 Å². The van der Waals surface area contributed by atoms with Crippen molar-refractivity contribution < 1.29 is 4.39 Å². The zero-order valence-electron chi connectivity index (χ0n) is 7.21. The standard InChI is InChI=1S/C10H7BrFNS/c11-5-9-6-14-10(13-9)7-2-1-3-8(12)4-7/h1-4,6H,5H2. The van der Waals surface area contributed by atoms with Gasteiger partial charge in [0.25, 0.3) is 0 Å². The Balaban J connectivity index is 2.39. The summed E-state index contributed by atoms with van der Waals surface area (Å²) in [6.45, 7) is 0. The Labute approximate surface area is 93.7 Å². The van der Waals surface area contributed by atoms with Crippen molar-refractivity contribution in [3.8, 4) is 10.6 Å². The largest absolute Gasteiger partial charge is 0.240 e. The molecule has 0 spiro atoms. The molecule has 1 aromatic carbocycles. The van der Waals surface area contributed by atoms with Crippen LogP contribution >= 0.6 is 27.3 Å². The first-order valence-corrected chi connectivity index (χ1v) is 6.06. The van der Waals surface area contributed by atoms with Crippen molar-refractivity contribution in [1.29, 1.82) is 0 Å². The summed E-state index contributed by atoms with van der Waals surface area (Å²) in [4.78, 5) is 4.35. The monoisotopic (exact) mass is 271 g/mol. The van der Waals surface area contributed by atoms with E-state index in [-0.39, 0.29) is 5.82 Å². The first-order chi connectivity index (χ1) is 6.79. The van der Waals surface area contributed by atoms with Crippen LogP contribution in [-0.4, -0.2) is 4.98 Å². The van der Waals surface area contributed by atoms with Gasteiger partial charge >= 0.3 is 0 Å². The van der Waals surface area contributed by atoms with Crippen LogP contribution in [0.3, 0.4) is 0 Å². The van der Waals surface area contributed by atoms with E-state index in [0.717, 1.165) is 21.6 Å². The van der Waals surface area contributed by atoms with Crippen LogP contribution in [0.5, 0.6) is 0 Å². The molecule has 2 rings (SSSR count). The van der Waals surface area contributed by atoms with Gasteiger partial charge in [-0.2, -0.15) is 0 Å². The molecule has 0 unspecified atom stereocenters. The number of aromatic nitrogens is 1. The maximum absolute atomic E-state index is 12.9. The van der Waals surface area contributed by atoms with Gasteiger partial charge in [0, 0.05) is 16.3 Å². The molecular weight excluding hydrogens is 265 g/mol. The molecule has 1 aromatic heterocycles. The van der Waals surface area contributed by atoms with Gasteiger partial charge in [0.1, 0.15) is 10.8 Å². The van der Waals surface area contributed by atoms with E-state index in [4.69, 9.17) is 0 Å². The fraction of sp³-hybridized carbons (Fsp3) is 0.100. The highest BCUT2D eigenvalue weighted by Crippen LogP contribution is 2.24. The maximum atomic E-state index is 12.9. The smallest absolute Gasteiger partial charge is 0.123 e. The van der Waals surface area contributed by atoms with Gasteiger partial charge in [0.2, 0.25) is 0 Å². The lowest BCUT2D eigenvalue weighted by molar-refractivity contribution is 0.628. The van der Waals surface area contributed by atoms with E-state index in [9.17, 15) is 4.39 Å². The highest BCUT2D eigenvalue weighted by Gasteiger charge is 2.04. The summed E-state index contributed by atoms with van der Waals surface area (Å²) < 4.78 is 12.9. The van der Waals surface area contributed by atoms with E-state index in [1.807, 2.05) is 11.4 Å². The van der Waals surface area contributed by atoms with Gasteiger partial charge in [-0.3, -0.25) is 0 Å². The molecule has 0 fully saturated rings. The summed E-state index contributed by atoms with van der Waals surface area (Å²) in [5.41, 5.74) is 1.82. The average molecular weight is 272 g/mol. The van der Waals surface area contributed by atoms with E-state index < -0.39 is 0 Å². The van der Waals surface area contributed by atoms with Crippen molar-refractivity contribution in [3.63, 3.8) is 0 Å². The molecule has 0 saturated heterocycles. The highest BCUT2D eigenvalue weighted by atomic mass is 79.9. The molecule has 0 bridgehead atoms. The Bertz CT molecular complexity index is 441. The van der Waals surface area contributed by atoms with Crippen molar-refractivity contribution in [2.75, 3.05) is 0 Å². The zero-order chi connectivity index (χ0) is 9.97. The van der Waals surface area contributed by atoms with Gasteiger partial charge in [-0.15, -0.1) is 11.3 Å². The van der Waals surface area contributed by atoms with Crippen LogP contribution in [0.25, 0.3) is 10.6 Å². The minimum atomic E-state index is -0.224. The topological polar surface area (TPSA) is 12.9 Å². The van der Waals surface area contributed by atoms with Crippen molar-refractivity contribution in [1.82, 2.24) is 4.98 Å². The van der Waals surface area contributed by atoms with Gasteiger partial charge in [0.05, 0.1) is 5.69 Å². The number of halogens is 2. The predicted molar refractivity (Wildman–Crippen MR) is 60.1 cm³/mol. The van der Waals surface area contributed by atoms with Crippen LogP contribution in [0.15, 0.2) is 29.6 Å². The third-order valence-corrected chi connectivity index (χ3v) is 3.27. The van der Waals surface area contributed by atoms with Crippen LogP contribution in [0, 0.1) is 5.82 Å². The fourth-order valence-corrected chi connectivity index (χ4v) is 2.44. The quantitative estimate of drug-likeness (QED) is 0.757. The number of alkyl halides is 1. The number of hydrogen-bond donors (Lipinski definition) is 0. The molecule has 14 heavy (non-hydrogen) atoms. The SMILES string of the molecule is Fc1cccc(-c2nc(CBr)cs2)c1. The molecule has 1 heterocycles. The molecule has 0 aliphatic rings. The van der Waals surface area contributed by atoms with Crippen LogP contribution in [0.4, 0.5) is 4.39 Å².